The third-order valence-electron chi connectivity index (χ3n) is 3.58. The Balaban J connectivity index is 2.52. The van der Waals surface area contributed by atoms with Crippen molar-refractivity contribution in [3.63, 3.8) is 0 Å². The zero-order chi connectivity index (χ0) is 22.2. The van der Waals surface area contributed by atoms with Crippen LogP contribution >= 0.6 is 15.9 Å². The van der Waals surface area contributed by atoms with Gasteiger partial charge in [0, 0.05) is 10.7 Å². The molecule has 0 fully saturated rings. The van der Waals surface area contributed by atoms with E-state index in [9.17, 15) is 39.9 Å². The Morgan fingerprint density at radius 2 is 1.83 bits per heavy atom. The highest BCUT2D eigenvalue weighted by Crippen LogP contribution is 2.34. The molecular weight excluding hydrogens is 505 g/mol. The van der Waals surface area contributed by atoms with Crippen molar-refractivity contribution in [3.05, 3.63) is 40.6 Å². The molecule has 1 heterocycles. The number of nitrogens with zero attached hydrogens (tertiary/aromatic N) is 1. The van der Waals surface area contributed by atoms with Gasteiger partial charge in [-0.25, -0.2) is 21.8 Å². The Hall–Kier alpha value is -2.19. The van der Waals surface area contributed by atoms with Crippen LogP contribution in [0.5, 0.6) is 5.75 Å². The number of halogens is 4. The number of nitrogens with one attached hydrogen (secondary N) is 1. The molecule has 0 saturated heterocycles. The monoisotopic (exact) mass is 516 g/mol. The summed E-state index contributed by atoms with van der Waals surface area (Å²) in [6.07, 6.45) is 1.12. The minimum absolute atomic E-state index is 0.252. The maximum absolute atomic E-state index is 12.7. The molecule has 1 aromatic heterocycles. The summed E-state index contributed by atoms with van der Waals surface area (Å²) in [6.45, 7) is 1.33. The highest BCUT2D eigenvalue weighted by Gasteiger charge is 2.47. The molecule has 0 atom stereocenters. The normalized spacial score (nSPS) is 12.6. The summed E-state index contributed by atoms with van der Waals surface area (Å²) in [5.74, 6) is -2.28. The van der Waals surface area contributed by atoms with Crippen molar-refractivity contribution in [1.29, 1.82) is 0 Å². The predicted octanol–water partition coefficient (Wildman–Crippen LogP) is 2.89. The summed E-state index contributed by atoms with van der Waals surface area (Å²) in [6, 6.07) is 2.68. The van der Waals surface area contributed by atoms with E-state index in [1.165, 1.54) is 6.92 Å². The molecule has 0 saturated carbocycles. The molecule has 0 aliphatic rings. The lowest BCUT2D eigenvalue weighted by atomic mass is 10.2. The molecule has 0 unspecified atom stereocenters. The summed E-state index contributed by atoms with van der Waals surface area (Å²) in [7, 11) is -9.65. The molecule has 14 heteroatoms. The zero-order valence-electron chi connectivity index (χ0n) is 14.4. The highest BCUT2D eigenvalue weighted by atomic mass is 79.9. The Morgan fingerprint density at radius 3 is 2.38 bits per heavy atom. The van der Waals surface area contributed by atoms with E-state index in [0.717, 1.165) is 12.3 Å². The fraction of sp³-hybridized carbons (Fsp3) is 0.200. The number of phenols is 1. The van der Waals surface area contributed by atoms with Crippen molar-refractivity contribution >= 4 is 47.2 Å². The Bertz CT molecular complexity index is 1180. The second-order valence-electron chi connectivity index (χ2n) is 5.49. The van der Waals surface area contributed by atoms with Crippen LogP contribution in [0.15, 0.2) is 44.7 Å². The molecule has 29 heavy (non-hydrogen) atoms. The number of carbonyl (C=O) groups is 1. The van der Waals surface area contributed by atoms with E-state index in [0.29, 0.717) is 18.2 Å². The van der Waals surface area contributed by atoms with Crippen LogP contribution in [0.4, 0.5) is 18.9 Å². The van der Waals surface area contributed by atoms with E-state index in [2.05, 4.69) is 20.9 Å². The van der Waals surface area contributed by atoms with Gasteiger partial charge in [-0.2, -0.15) is 13.2 Å². The van der Waals surface area contributed by atoms with E-state index in [-0.39, 0.29) is 10.2 Å². The van der Waals surface area contributed by atoms with Crippen LogP contribution < -0.4 is 5.32 Å². The predicted molar refractivity (Wildman–Crippen MR) is 99.0 cm³/mol. The third kappa shape index (κ3) is 4.70. The average molecular weight is 517 g/mol. The van der Waals surface area contributed by atoms with Crippen molar-refractivity contribution in [2.75, 3.05) is 11.1 Å². The number of benzene rings is 1. The Labute approximate surface area is 171 Å². The van der Waals surface area contributed by atoms with Gasteiger partial charge in [0.05, 0.1) is 21.2 Å². The number of phenolic OH excluding ortho intramolecular Hbond substituents is 1. The van der Waals surface area contributed by atoms with Crippen LogP contribution in [0, 0.1) is 0 Å². The Morgan fingerprint density at radius 1 is 1.21 bits per heavy atom. The molecule has 2 rings (SSSR count). The molecule has 1 amide bonds. The van der Waals surface area contributed by atoms with Crippen molar-refractivity contribution in [1.82, 2.24) is 4.98 Å². The molecule has 158 valence electrons. The smallest absolute Gasteiger partial charge is 0.501 e. The van der Waals surface area contributed by atoms with Crippen molar-refractivity contribution in [3.8, 4) is 5.75 Å². The quantitative estimate of drug-likeness (QED) is 0.584. The second-order valence-corrected chi connectivity index (χ2v) is 10.6. The summed E-state index contributed by atoms with van der Waals surface area (Å²) < 4.78 is 85.9. The average Bonchev–Trinajstić information content (AvgIpc) is 2.62. The van der Waals surface area contributed by atoms with Crippen molar-refractivity contribution in [2.45, 2.75) is 22.2 Å². The summed E-state index contributed by atoms with van der Waals surface area (Å²) in [4.78, 5) is 14.5. The molecule has 0 spiro atoms. The first-order valence-corrected chi connectivity index (χ1v) is 11.5. The van der Waals surface area contributed by atoms with Gasteiger partial charge in [-0.1, -0.05) is 6.92 Å². The molecule has 1 aromatic carbocycles. The Kier molecular flexibility index (Phi) is 6.30. The molecule has 0 aliphatic heterocycles. The van der Waals surface area contributed by atoms with Crippen LogP contribution in [0.3, 0.4) is 0 Å². The van der Waals surface area contributed by atoms with E-state index < -0.39 is 58.0 Å². The van der Waals surface area contributed by atoms with Gasteiger partial charge >= 0.3 is 5.51 Å². The number of aromatic hydroxyl groups is 1. The van der Waals surface area contributed by atoms with Gasteiger partial charge in [-0.05, 0) is 40.2 Å². The number of carbonyl (C=O) groups excluding carboxylic acids is 1. The summed E-state index contributed by atoms with van der Waals surface area (Å²) in [5.41, 5.74) is -6.86. The number of rotatable bonds is 5. The fourth-order valence-corrected chi connectivity index (χ4v) is 4.41. The van der Waals surface area contributed by atoms with Crippen molar-refractivity contribution < 1.29 is 39.9 Å². The van der Waals surface area contributed by atoms with Crippen LogP contribution in [0.1, 0.15) is 17.4 Å². The molecule has 8 nitrogen and oxygen atoms in total. The lowest BCUT2D eigenvalue weighted by molar-refractivity contribution is -0.0436. The summed E-state index contributed by atoms with van der Waals surface area (Å²) in [5, 5.41) is 11.8. The van der Waals surface area contributed by atoms with Crippen LogP contribution in [-0.4, -0.2) is 44.1 Å². The van der Waals surface area contributed by atoms with Gasteiger partial charge in [-0.3, -0.25) is 4.79 Å². The fourth-order valence-electron chi connectivity index (χ4n) is 2.08. The summed E-state index contributed by atoms with van der Waals surface area (Å²) >= 11 is 3.02. The molecule has 2 N–H and O–H groups in total. The minimum Gasteiger partial charge on any atom is -0.506 e. The molecule has 0 bridgehead atoms. The third-order valence-corrected chi connectivity index (χ3v) is 7.24. The van der Waals surface area contributed by atoms with Crippen molar-refractivity contribution in [2.24, 2.45) is 0 Å². The zero-order valence-corrected chi connectivity index (χ0v) is 17.6. The molecular formula is C15H12BrF3N2O6S2. The number of pyridine rings is 1. The number of amides is 1. The molecule has 0 radical (unpaired) electrons. The van der Waals surface area contributed by atoms with Gasteiger partial charge in [-0.15, -0.1) is 0 Å². The first-order valence-electron chi connectivity index (χ1n) is 7.54. The largest absolute Gasteiger partial charge is 0.506 e. The van der Waals surface area contributed by atoms with Gasteiger partial charge in [0.1, 0.15) is 11.4 Å². The first-order chi connectivity index (χ1) is 13.2. The molecule has 0 aliphatic carbocycles. The van der Waals surface area contributed by atoms with Gasteiger partial charge in [0.15, 0.2) is 9.84 Å². The van der Waals surface area contributed by atoms with Gasteiger partial charge < -0.3 is 10.4 Å². The van der Waals surface area contributed by atoms with E-state index in [4.69, 9.17) is 0 Å². The molecule has 2 aromatic rings. The number of hydrogen-bond acceptors (Lipinski definition) is 7. The van der Waals surface area contributed by atoms with Crippen LogP contribution in [0.2, 0.25) is 0 Å². The highest BCUT2D eigenvalue weighted by molar-refractivity contribution is 9.10. The number of alkyl halides is 3. The number of sulfone groups is 2. The van der Waals surface area contributed by atoms with Crippen LogP contribution in [-0.2, 0) is 19.7 Å². The van der Waals surface area contributed by atoms with Gasteiger partial charge in [0.2, 0.25) is 0 Å². The maximum Gasteiger partial charge on any atom is 0.501 e. The topological polar surface area (TPSA) is 130 Å². The maximum atomic E-state index is 12.7. The minimum atomic E-state index is -5.74. The first kappa shape index (κ1) is 23.1. The lowest BCUT2D eigenvalue weighted by Crippen LogP contribution is -2.23. The van der Waals surface area contributed by atoms with E-state index >= 15 is 0 Å². The standard InChI is InChI=1S/C15H12BrF3N2O6S2/c1-2-28(24,25)12-5-8(16)7-20-13(12)14(23)21-10-6-9(3-4-11(10)22)29(26,27)15(17,18)19/h3-7,22H,2H2,1H3,(H,21,23). The lowest BCUT2D eigenvalue weighted by Gasteiger charge is -2.13. The van der Waals surface area contributed by atoms with E-state index in [1.54, 1.807) is 0 Å². The van der Waals surface area contributed by atoms with E-state index in [1.807, 2.05) is 5.32 Å². The van der Waals surface area contributed by atoms with Gasteiger partial charge in [0.25, 0.3) is 15.7 Å². The number of aromatic nitrogens is 1. The number of hydrogen-bond donors (Lipinski definition) is 2. The SMILES string of the molecule is CCS(=O)(=O)c1cc(Br)cnc1C(=O)Nc1cc(S(=O)(=O)C(F)(F)F)ccc1O. The van der Waals surface area contributed by atoms with Crippen LogP contribution in [0.25, 0.3) is 0 Å². The second kappa shape index (κ2) is 7.91. The number of anilines is 1.